The van der Waals surface area contributed by atoms with Crippen molar-refractivity contribution in [1.82, 2.24) is 0 Å². The van der Waals surface area contributed by atoms with Crippen molar-refractivity contribution >= 4 is 17.7 Å². The summed E-state index contributed by atoms with van der Waals surface area (Å²) in [7, 11) is 0. The molecule has 169 valence electrons. The number of benzene rings is 2. The molecule has 5 nitrogen and oxygen atoms in total. The zero-order chi connectivity index (χ0) is 22.2. The fourth-order valence-corrected chi connectivity index (χ4v) is 2.75. The van der Waals surface area contributed by atoms with Gasteiger partial charge >= 0.3 is 11.9 Å². The second-order valence-electron chi connectivity index (χ2n) is 6.87. The fraction of sp³-hybridized carbons (Fsp3) is 0.320. The van der Waals surface area contributed by atoms with E-state index >= 15 is 0 Å². The Kier molecular flexibility index (Phi) is 16.6. The quantitative estimate of drug-likeness (QED) is 0.197. The van der Waals surface area contributed by atoms with E-state index in [2.05, 4.69) is 6.92 Å². The first kappa shape index (κ1) is 29.1. The minimum atomic E-state index is -0.997. The van der Waals surface area contributed by atoms with Crippen LogP contribution in [0.25, 0.3) is 0 Å². The summed E-state index contributed by atoms with van der Waals surface area (Å²) < 4.78 is 0. The van der Waals surface area contributed by atoms with Crippen LogP contribution < -0.4 is 0 Å². The van der Waals surface area contributed by atoms with E-state index in [1.807, 2.05) is 6.07 Å². The normalized spacial score (nSPS) is 9.97. The fourth-order valence-electron chi connectivity index (χ4n) is 2.75. The van der Waals surface area contributed by atoms with E-state index in [1.54, 1.807) is 30.3 Å². The molecule has 0 bridgehead atoms. The molecule has 0 spiro atoms. The Balaban J connectivity index is 0.000000586. The van der Waals surface area contributed by atoms with Crippen LogP contribution in [0, 0.1) is 38.6 Å². The van der Waals surface area contributed by atoms with E-state index in [0.717, 1.165) is 12.8 Å². The Morgan fingerprint density at radius 3 is 1.81 bits per heavy atom. The smallest absolute Gasteiger partial charge is 0.335 e. The van der Waals surface area contributed by atoms with Crippen molar-refractivity contribution in [3.05, 3.63) is 83.4 Å². The Morgan fingerprint density at radius 2 is 1.26 bits per heavy atom. The number of rotatable bonds is 11. The molecule has 2 aromatic rings. The summed E-state index contributed by atoms with van der Waals surface area (Å²) in [6, 6.07) is 14.8. The second kappa shape index (κ2) is 17.7. The first-order chi connectivity index (χ1) is 14.5. The van der Waals surface area contributed by atoms with Crippen molar-refractivity contribution < 1.29 is 63.2 Å². The average Bonchev–Trinajstić information content (AvgIpc) is 2.76. The van der Waals surface area contributed by atoms with Crippen LogP contribution in [0.4, 0.5) is 0 Å². The molecule has 0 aliphatic heterocycles. The van der Waals surface area contributed by atoms with Gasteiger partial charge in [0.2, 0.25) is 0 Å². The Hall–Kier alpha value is -1.92. The number of carboxylic acids is 2. The zero-order valence-electron chi connectivity index (χ0n) is 17.8. The van der Waals surface area contributed by atoms with E-state index in [0.29, 0.717) is 11.1 Å². The SMILES string of the molecule is CCCCCCCCC=CC(=O)O.O=C(O)c1ccc(C(=O)c2ccccc2)cc1.[Tb]. The topological polar surface area (TPSA) is 91.7 Å². The largest absolute Gasteiger partial charge is 0.478 e. The van der Waals surface area contributed by atoms with Gasteiger partial charge in [0.25, 0.3) is 0 Å². The van der Waals surface area contributed by atoms with Crippen molar-refractivity contribution in [3.8, 4) is 0 Å². The molecule has 31 heavy (non-hydrogen) atoms. The van der Waals surface area contributed by atoms with Crippen LogP contribution in [-0.4, -0.2) is 27.9 Å². The molecule has 2 N–H and O–H groups in total. The van der Waals surface area contributed by atoms with E-state index < -0.39 is 11.9 Å². The van der Waals surface area contributed by atoms with Gasteiger partial charge in [-0.2, -0.15) is 0 Å². The summed E-state index contributed by atoms with van der Waals surface area (Å²) in [5.41, 5.74) is 1.26. The molecule has 0 saturated carbocycles. The van der Waals surface area contributed by atoms with Crippen LogP contribution in [0.2, 0.25) is 0 Å². The predicted molar refractivity (Wildman–Crippen MR) is 118 cm³/mol. The number of ketones is 1. The Morgan fingerprint density at radius 1 is 0.742 bits per heavy atom. The Labute approximate surface area is 215 Å². The van der Waals surface area contributed by atoms with Gasteiger partial charge in [-0.3, -0.25) is 4.79 Å². The van der Waals surface area contributed by atoms with Gasteiger partial charge in [0.1, 0.15) is 0 Å². The molecule has 1 radical (unpaired) electrons. The summed E-state index contributed by atoms with van der Waals surface area (Å²) >= 11 is 0. The van der Waals surface area contributed by atoms with Crippen molar-refractivity contribution in [3.63, 3.8) is 0 Å². The summed E-state index contributed by atoms with van der Waals surface area (Å²) in [6.45, 7) is 2.20. The molecule has 0 atom stereocenters. The van der Waals surface area contributed by atoms with Crippen LogP contribution in [0.3, 0.4) is 0 Å². The van der Waals surface area contributed by atoms with Crippen LogP contribution in [-0.2, 0) is 4.79 Å². The molecule has 0 aromatic heterocycles. The van der Waals surface area contributed by atoms with Crippen LogP contribution in [0.1, 0.15) is 78.1 Å². The standard InChI is InChI=1S/C14H10O3.C11H20O2.Tb/c15-13(10-4-2-1-3-5-10)11-6-8-12(9-7-11)14(16)17;1-2-3-4-5-6-7-8-9-10-11(12)13;/h1-9H,(H,16,17);9-10H,2-8H2,1H3,(H,12,13);. The van der Waals surface area contributed by atoms with E-state index in [9.17, 15) is 14.4 Å². The molecule has 0 aliphatic rings. The van der Waals surface area contributed by atoms with Crippen LogP contribution >= 0.6 is 0 Å². The van der Waals surface area contributed by atoms with Crippen LogP contribution in [0.15, 0.2) is 66.7 Å². The van der Waals surface area contributed by atoms with Gasteiger partial charge in [-0.25, -0.2) is 9.59 Å². The maximum atomic E-state index is 12.0. The van der Waals surface area contributed by atoms with E-state index in [-0.39, 0.29) is 50.0 Å². The number of unbranched alkanes of at least 4 members (excludes halogenated alkanes) is 6. The van der Waals surface area contributed by atoms with Crippen molar-refractivity contribution in [2.75, 3.05) is 0 Å². The van der Waals surface area contributed by atoms with Gasteiger partial charge in [0, 0.05) is 55.8 Å². The summed E-state index contributed by atoms with van der Waals surface area (Å²) in [4.78, 5) is 32.7. The third-order valence-corrected chi connectivity index (χ3v) is 4.41. The summed E-state index contributed by atoms with van der Waals surface area (Å²) in [5, 5.41) is 17.0. The number of hydrogen-bond acceptors (Lipinski definition) is 3. The molecule has 6 heteroatoms. The molecule has 2 rings (SSSR count). The number of hydrogen-bond donors (Lipinski definition) is 2. The number of aliphatic carboxylic acids is 1. The Bertz CT molecular complexity index is 814. The maximum absolute atomic E-state index is 12.0. The van der Waals surface area contributed by atoms with Gasteiger partial charge in [0.05, 0.1) is 5.56 Å². The molecule has 0 aliphatic carbocycles. The van der Waals surface area contributed by atoms with Gasteiger partial charge in [-0.05, 0) is 25.0 Å². The molecule has 0 unspecified atom stereocenters. The predicted octanol–water partition coefficient (Wildman–Crippen LogP) is 5.99. The van der Waals surface area contributed by atoms with Crippen molar-refractivity contribution in [1.29, 1.82) is 0 Å². The van der Waals surface area contributed by atoms with Gasteiger partial charge < -0.3 is 10.2 Å². The number of aromatic carboxylic acids is 1. The third kappa shape index (κ3) is 13.2. The average molecular weight is 569 g/mol. The number of carboxylic acid groups (broad SMARTS) is 2. The number of carbonyl (C=O) groups is 3. The number of carbonyl (C=O) groups excluding carboxylic acids is 1. The van der Waals surface area contributed by atoms with Crippen molar-refractivity contribution in [2.45, 2.75) is 51.9 Å². The summed E-state index contributed by atoms with van der Waals surface area (Å²) in [5.74, 6) is -1.95. The van der Waals surface area contributed by atoms with E-state index in [4.69, 9.17) is 10.2 Å². The first-order valence-corrected chi connectivity index (χ1v) is 10.3. The molecule has 0 saturated heterocycles. The van der Waals surface area contributed by atoms with Gasteiger partial charge in [0.15, 0.2) is 5.78 Å². The molecule has 2 aromatic carbocycles. The van der Waals surface area contributed by atoms with Crippen LogP contribution in [0.5, 0.6) is 0 Å². The monoisotopic (exact) mass is 569 g/mol. The molecule has 0 heterocycles. The molecular weight excluding hydrogens is 539 g/mol. The zero-order valence-corrected chi connectivity index (χ0v) is 19.9. The number of allylic oxidation sites excluding steroid dienone is 1. The third-order valence-electron chi connectivity index (χ3n) is 4.41. The minimum Gasteiger partial charge on any atom is -0.478 e. The van der Waals surface area contributed by atoms with Crippen molar-refractivity contribution in [2.24, 2.45) is 0 Å². The maximum Gasteiger partial charge on any atom is 0.335 e. The molecule has 0 amide bonds. The molecular formula is C25H30O5Tb. The first-order valence-electron chi connectivity index (χ1n) is 10.3. The van der Waals surface area contributed by atoms with E-state index in [1.165, 1.54) is 62.4 Å². The van der Waals surface area contributed by atoms with Gasteiger partial charge in [-0.15, -0.1) is 0 Å². The van der Waals surface area contributed by atoms with Gasteiger partial charge in [-0.1, -0.05) is 87.6 Å². The molecule has 0 fully saturated rings. The summed E-state index contributed by atoms with van der Waals surface area (Å²) in [6.07, 6.45) is 11.4. The minimum absolute atomic E-state index is 0. The second-order valence-corrected chi connectivity index (χ2v) is 6.87.